The molecule has 1 fully saturated rings. The van der Waals surface area contributed by atoms with Crippen LogP contribution in [0.3, 0.4) is 0 Å². The van der Waals surface area contributed by atoms with Crippen LogP contribution in [0.15, 0.2) is 24.3 Å². The highest BCUT2D eigenvalue weighted by Gasteiger charge is 2.28. The average Bonchev–Trinajstić information content (AvgIpc) is 3.18. The van der Waals surface area contributed by atoms with E-state index in [1.807, 2.05) is 18.2 Å². The van der Waals surface area contributed by atoms with E-state index in [2.05, 4.69) is 11.8 Å². The highest BCUT2D eigenvalue weighted by molar-refractivity contribution is 6.32. The SMILES string of the molecule is CCCN(c1ccc(/C=C/C(=O)O)c(Cl)c1)C1CC1. The maximum atomic E-state index is 10.5. The Morgan fingerprint density at radius 1 is 1.53 bits per heavy atom. The Bertz CT molecular complexity index is 495. The van der Waals surface area contributed by atoms with Crippen molar-refractivity contribution >= 4 is 29.3 Å². The van der Waals surface area contributed by atoms with Gasteiger partial charge in [-0.1, -0.05) is 24.6 Å². The number of hydrogen-bond donors (Lipinski definition) is 1. The largest absolute Gasteiger partial charge is 0.478 e. The maximum absolute atomic E-state index is 10.5. The summed E-state index contributed by atoms with van der Waals surface area (Å²) in [4.78, 5) is 12.9. The van der Waals surface area contributed by atoms with Crippen LogP contribution in [0.5, 0.6) is 0 Å². The number of carboxylic acid groups (broad SMARTS) is 1. The molecule has 0 amide bonds. The fraction of sp³-hybridized carbons (Fsp3) is 0.400. The molecule has 0 bridgehead atoms. The van der Waals surface area contributed by atoms with Crippen LogP contribution in [0.2, 0.25) is 5.02 Å². The molecule has 0 aromatic heterocycles. The molecule has 0 aliphatic heterocycles. The number of nitrogens with zero attached hydrogens (tertiary/aromatic N) is 1. The minimum atomic E-state index is -0.967. The van der Waals surface area contributed by atoms with Crippen molar-refractivity contribution in [2.45, 2.75) is 32.2 Å². The van der Waals surface area contributed by atoms with Gasteiger partial charge in [0.2, 0.25) is 0 Å². The first-order valence-electron chi connectivity index (χ1n) is 6.59. The van der Waals surface area contributed by atoms with Crippen molar-refractivity contribution in [3.63, 3.8) is 0 Å². The molecule has 0 saturated heterocycles. The molecule has 0 spiro atoms. The van der Waals surface area contributed by atoms with Gasteiger partial charge in [-0.3, -0.25) is 0 Å². The summed E-state index contributed by atoms with van der Waals surface area (Å²) in [5, 5.41) is 9.22. The molecule has 3 nitrogen and oxygen atoms in total. The zero-order chi connectivity index (χ0) is 13.8. The molecular formula is C15H18ClNO2. The van der Waals surface area contributed by atoms with Crippen LogP contribution >= 0.6 is 11.6 Å². The Morgan fingerprint density at radius 3 is 2.79 bits per heavy atom. The van der Waals surface area contributed by atoms with E-state index in [1.54, 1.807) is 0 Å². The van der Waals surface area contributed by atoms with Crippen molar-refractivity contribution in [2.24, 2.45) is 0 Å². The highest BCUT2D eigenvalue weighted by Crippen LogP contribution is 2.34. The van der Waals surface area contributed by atoms with Gasteiger partial charge < -0.3 is 10.0 Å². The van der Waals surface area contributed by atoms with Gasteiger partial charge in [-0.15, -0.1) is 0 Å². The van der Waals surface area contributed by atoms with Crippen LogP contribution in [0.1, 0.15) is 31.7 Å². The van der Waals surface area contributed by atoms with E-state index in [1.165, 1.54) is 18.9 Å². The van der Waals surface area contributed by atoms with Gasteiger partial charge in [-0.25, -0.2) is 4.79 Å². The first kappa shape index (κ1) is 13.9. The molecule has 1 saturated carbocycles. The molecule has 1 aliphatic carbocycles. The Kier molecular flexibility index (Phi) is 4.48. The molecular weight excluding hydrogens is 262 g/mol. The average molecular weight is 280 g/mol. The second kappa shape index (κ2) is 6.11. The Morgan fingerprint density at radius 2 is 2.26 bits per heavy atom. The van der Waals surface area contributed by atoms with Crippen LogP contribution in [-0.2, 0) is 4.79 Å². The number of hydrogen-bond acceptors (Lipinski definition) is 2. The first-order valence-corrected chi connectivity index (χ1v) is 6.97. The number of carbonyl (C=O) groups is 1. The number of anilines is 1. The van der Waals surface area contributed by atoms with Crippen molar-refractivity contribution in [1.29, 1.82) is 0 Å². The predicted octanol–water partition coefficient (Wildman–Crippen LogP) is 3.82. The van der Waals surface area contributed by atoms with E-state index >= 15 is 0 Å². The molecule has 19 heavy (non-hydrogen) atoms. The lowest BCUT2D eigenvalue weighted by Gasteiger charge is -2.24. The Labute approximate surface area is 118 Å². The van der Waals surface area contributed by atoms with Gasteiger partial charge >= 0.3 is 5.97 Å². The third-order valence-electron chi connectivity index (χ3n) is 3.17. The van der Waals surface area contributed by atoms with E-state index in [0.717, 1.165) is 30.3 Å². The third-order valence-corrected chi connectivity index (χ3v) is 3.50. The van der Waals surface area contributed by atoms with Gasteiger partial charge in [0.15, 0.2) is 0 Å². The number of benzene rings is 1. The van der Waals surface area contributed by atoms with E-state index < -0.39 is 5.97 Å². The normalized spacial score (nSPS) is 14.8. The minimum absolute atomic E-state index is 0.594. The fourth-order valence-corrected chi connectivity index (χ4v) is 2.38. The molecule has 1 aromatic rings. The second-order valence-corrected chi connectivity index (χ2v) is 5.21. The summed E-state index contributed by atoms with van der Waals surface area (Å²) in [6, 6.07) is 6.47. The third kappa shape index (κ3) is 3.74. The summed E-state index contributed by atoms with van der Waals surface area (Å²) < 4.78 is 0. The van der Waals surface area contributed by atoms with E-state index in [4.69, 9.17) is 16.7 Å². The van der Waals surface area contributed by atoms with Gasteiger partial charge in [0.25, 0.3) is 0 Å². The lowest BCUT2D eigenvalue weighted by molar-refractivity contribution is -0.131. The van der Waals surface area contributed by atoms with Crippen molar-refractivity contribution in [2.75, 3.05) is 11.4 Å². The van der Waals surface area contributed by atoms with E-state index in [-0.39, 0.29) is 0 Å². The van der Waals surface area contributed by atoms with Crippen molar-refractivity contribution in [3.8, 4) is 0 Å². The molecule has 2 rings (SSSR count). The maximum Gasteiger partial charge on any atom is 0.328 e. The van der Waals surface area contributed by atoms with Gasteiger partial charge in [0, 0.05) is 29.4 Å². The molecule has 1 aliphatic rings. The summed E-state index contributed by atoms with van der Waals surface area (Å²) in [5.41, 5.74) is 1.86. The first-order chi connectivity index (χ1) is 9.11. The summed E-state index contributed by atoms with van der Waals surface area (Å²) in [7, 11) is 0. The molecule has 0 heterocycles. The lowest BCUT2D eigenvalue weighted by Crippen LogP contribution is -2.26. The molecule has 0 atom stereocenters. The Balaban J connectivity index is 2.19. The second-order valence-electron chi connectivity index (χ2n) is 4.80. The fourth-order valence-electron chi connectivity index (χ4n) is 2.14. The summed E-state index contributed by atoms with van der Waals surface area (Å²) in [5.74, 6) is -0.967. The molecule has 102 valence electrons. The highest BCUT2D eigenvalue weighted by atomic mass is 35.5. The zero-order valence-electron chi connectivity index (χ0n) is 11.0. The minimum Gasteiger partial charge on any atom is -0.478 e. The van der Waals surface area contributed by atoms with Crippen LogP contribution in [0.25, 0.3) is 6.08 Å². The number of aliphatic carboxylic acids is 1. The lowest BCUT2D eigenvalue weighted by atomic mass is 10.1. The molecule has 0 unspecified atom stereocenters. The van der Waals surface area contributed by atoms with Gasteiger partial charge in [-0.05, 0) is 43.0 Å². The van der Waals surface area contributed by atoms with Gasteiger partial charge in [-0.2, -0.15) is 0 Å². The quantitative estimate of drug-likeness (QED) is 0.805. The van der Waals surface area contributed by atoms with Gasteiger partial charge in [0.1, 0.15) is 0 Å². The van der Waals surface area contributed by atoms with Crippen LogP contribution in [0, 0.1) is 0 Å². The van der Waals surface area contributed by atoms with Crippen molar-refractivity contribution in [3.05, 3.63) is 34.9 Å². The number of rotatable bonds is 6. The smallest absolute Gasteiger partial charge is 0.328 e. The van der Waals surface area contributed by atoms with Crippen molar-refractivity contribution in [1.82, 2.24) is 0 Å². The van der Waals surface area contributed by atoms with Crippen molar-refractivity contribution < 1.29 is 9.90 Å². The zero-order valence-corrected chi connectivity index (χ0v) is 11.7. The van der Waals surface area contributed by atoms with Gasteiger partial charge in [0.05, 0.1) is 0 Å². The molecule has 1 N–H and O–H groups in total. The van der Waals surface area contributed by atoms with E-state index in [9.17, 15) is 4.79 Å². The summed E-state index contributed by atoms with van der Waals surface area (Å²) in [6.07, 6.45) is 6.23. The summed E-state index contributed by atoms with van der Waals surface area (Å²) >= 11 is 6.21. The van der Waals surface area contributed by atoms with Crippen LogP contribution in [-0.4, -0.2) is 23.7 Å². The van der Waals surface area contributed by atoms with Crippen LogP contribution < -0.4 is 4.90 Å². The number of halogens is 1. The Hall–Kier alpha value is -1.48. The number of carboxylic acids is 1. The molecule has 0 radical (unpaired) electrons. The standard InChI is InChI=1S/C15H18ClNO2/c1-2-9-17(12-6-7-12)13-5-3-11(14(16)10-13)4-8-15(18)19/h3-5,8,10,12H,2,6-7,9H2,1H3,(H,18,19)/b8-4+. The molecule has 4 heteroatoms. The summed E-state index contributed by atoms with van der Waals surface area (Å²) in [6.45, 7) is 3.20. The molecule has 1 aromatic carbocycles. The van der Waals surface area contributed by atoms with E-state index in [0.29, 0.717) is 11.1 Å². The topological polar surface area (TPSA) is 40.5 Å². The van der Waals surface area contributed by atoms with Crippen LogP contribution in [0.4, 0.5) is 5.69 Å². The predicted molar refractivity (Wildman–Crippen MR) is 78.8 cm³/mol. The monoisotopic (exact) mass is 279 g/mol.